The molecular weight excluding hydrogens is 262 g/mol. The SMILES string of the molecule is O=C1Nc2ccccc2CC1Oc1ccc(Cl)cc1. The average Bonchev–Trinajstić information content (AvgIpc) is 2.42. The number of benzene rings is 2. The van der Waals surface area contributed by atoms with Crippen LogP contribution in [0.5, 0.6) is 5.75 Å². The fourth-order valence-corrected chi connectivity index (χ4v) is 2.22. The summed E-state index contributed by atoms with van der Waals surface area (Å²) in [6.45, 7) is 0. The lowest BCUT2D eigenvalue weighted by Gasteiger charge is -2.25. The van der Waals surface area contributed by atoms with E-state index in [1.165, 1.54) is 0 Å². The molecule has 4 heteroatoms. The van der Waals surface area contributed by atoms with Crippen LogP contribution in [-0.4, -0.2) is 12.0 Å². The third-order valence-electron chi connectivity index (χ3n) is 3.06. The van der Waals surface area contributed by atoms with Crippen molar-refractivity contribution in [2.75, 3.05) is 5.32 Å². The van der Waals surface area contributed by atoms with Gasteiger partial charge in [-0.25, -0.2) is 0 Å². The number of carbonyl (C=O) groups is 1. The Morgan fingerprint density at radius 1 is 1.11 bits per heavy atom. The summed E-state index contributed by atoms with van der Waals surface area (Å²) in [6.07, 6.45) is 0.0704. The van der Waals surface area contributed by atoms with E-state index in [2.05, 4.69) is 5.32 Å². The van der Waals surface area contributed by atoms with E-state index in [1.54, 1.807) is 24.3 Å². The highest BCUT2D eigenvalue weighted by atomic mass is 35.5. The van der Waals surface area contributed by atoms with Crippen LogP contribution in [0.2, 0.25) is 5.02 Å². The monoisotopic (exact) mass is 273 g/mol. The van der Waals surface area contributed by atoms with Crippen LogP contribution in [0.1, 0.15) is 5.56 Å². The second-order valence-corrected chi connectivity index (χ2v) is 4.85. The molecule has 0 radical (unpaired) electrons. The number of fused-ring (bicyclic) bond motifs is 1. The van der Waals surface area contributed by atoms with E-state index in [0.29, 0.717) is 17.2 Å². The number of nitrogens with one attached hydrogen (secondary N) is 1. The topological polar surface area (TPSA) is 38.3 Å². The van der Waals surface area contributed by atoms with Crippen molar-refractivity contribution in [2.45, 2.75) is 12.5 Å². The van der Waals surface area contributed by atoms with Gasteiger partial charge in [0.1, 0.15) is 5.75 Å². The Balaban J connectivity index is 1.79. The standard InChI is InChI=1S/C15H12ClNO2/c16-11-5-7-12(8-6-11)19-14-9-10-3-1-2-4-13(10)17-15(14)18/h1-8,14H,9H2,(H,17,18). The summed E-state index contributed by atoms with van der Waals surface area (Å²) in [7, 11) is 0. The molecule has 0 bridgehead atoms. The van der Waals surface area contributed by atoms with Crippen molar-refractivity contribution >= 4 is 23.2 Å². The van der Waals surface area contributed by atoms with Gasteiger partial charge in [-0.05, 0) is 35.9 Å². The predicted molar refractivity (Wildman–Crippen MR) is 74.6 cm³/mol. The number of hydrogen-bond acceptors (Lipinski definition) is 2. The van der Waals surface area contributed by atoms with Crippen LogP contribution in [0.4, 0.5) is 5.69 Å². The molecule has 1 unspecified atom stereocenters. The van der Waals surface area contributed by atoms with Crippen LogP contribution < -0.4 is 10.1 Å². The fraction of sp³-hybridized carbons (Fsp3) is 0.133. The van der Waals surface area contributed by atoms with Crippen LogP contribution in [0.15, 0.2) is 48.5 Å². The first kappa shape index (κ1) is 12.1. The smallest absolute Gasteiger partial charge is 0.265 e. The fourth-order valence-electron chi connectivity index (χ4n) is 2.10. The second kappa shape index (κ2) is 4.94. The third kappa shape index (κ3) is 2.56. The zero-order valence-electron chi connectivity index (χ0n) is 10.1. The van der Waals surface area contributed by atoms with Gasteiger partial charge in [0.25, 0.3) is 5.91 Å². The summed E-state index contributed by atoms with van der Waals surface area (Å²) >= 11 is 5.82. The molecule has 1 aliphatic rings. The van der Waals surface area contributed by atoms with Crippen molar-refractivity contribution in [1.82, 2.24) is 0 Å². The lowest BCUT2D eigenvalue weighted by Crippen LogP contribution is -2.38. The molecule has 96 valence electrons. The van der Waals surface area contributed by atoms with Crippen LogP contribution in [0.25, 0.3) is 0 Å². The van der Waals surface area contributed by atoms with Crippen LogP contribution in [-0.2, 0) is 11.2 Å². The highest BCUT2D eigenvalue weighted by Gasteiger charge is 2.27. The molecule has 1 N–H and O–H groups in total. The molecule has 3 rings (SSSR count). The van der Waals surface area contributed by atoms with Crippen molar-refractivity contribution in [2.24, 2.45) is 0 Å². The zero-order chi connectivity index (χ0) is 13.2. The number of para-hydroxylation sites is 1. The first-order valence-corrected chi connectivity index (χ1v) is 6.41. The lowest BCUT2D eigenvalue weighted by molar-refractivity contribution is -0.123. The number of hydrogen-bond donors (Lipinski definition) is 1. The van der Waals surface area contributed by atoms with E-state index in [4.69, 9.17) is 16.3 Å². The Morgan fingerprint density at radius 2 is 1.84 bits per heavy atom. The van der Waals surface area contributed by atoms with E-state index in [1.807, 2.05) is 24.3 Å². The molecule has 19 heavy (non-hydrogen) atoms. The molecule has 0 saturated carbocycles. The average molecular weight is 274 g/mol. The molecule has 0 aromatic heterocycles. The second-order valence-electron chi connectivity index (χ2n) is 4.41. The van der Waals surface area contributed by atoms with Gasteiger partial charge >= 0.3 is 0 Å². The number of halogens is 1. The highest BCUT2D eigenvalue weighted by molar-refractivity contribution is 6.30. The number of ether oxygens (including phenoxy) is 1. The van der Waals surface area contributed by atoms with Gasteiger partial charge in [0.15, 0.2) is 6.10 Å². The van der Waals surface area contributed by atoms with Crippen molar-refractivity contribution in [1.29, 1.82) is 0 Å². The molecule has 1 atom stereocenters. The van der Waals surface area contributed by atoms with E-state index in [-0.39, 0.29) is 5.91 Å². The normalized spacial score (nSPS) is 17.5. The van der Waals surface area contributed by atoms with Gasteiger partial charge < -0.3 is 10.1 Å². The van der Waals surface area contributed by atoms with Gasteiger partial charge in [0.2, 0.25) is 0 Å². The van der Waals surface area contributed by atoms with Gasteiger partial charge in [-0.15, -0.1) is 0 Å². The number of carbonyl (C=O) groups excluding carboxylic acids is 1. The minimum atomic E-state index is -0.504. The van der Waals surface area contributed by atoms with Gasteiger partial charge in [-0.3, -0.25) is 4.79 Å². The third-order valence-corrected chi connectivity index (χ3v) is 3.32. The molecule has 3 nitrogen and oxygen atoms in total. The Morgan fingerprint density at radius 3 is 2.63 bits per heavy atom. The number of anilines is 1. The van der Waals surface area contributed by atoms with Gasteiger partial charge in [-0.2, -0.15) is 0 Å². The summed E-state index contributed by atoms with van der Waals surface area (Å²) in [5, 5.41) is 3.50. The summed E-state index contributed by atoms with van der Waals surface area (Å²) in [6, 6.07) is 14.7. The van der Waals surface area contributed by atoms with E-state index >= 15 is 0 Å². The molecule has 1 amide bonds. The molecule has 1 heterocycles. The van der Waals surface area contributed by atoms with Crippen LogP contribution in [0, 0.1) is 0 Å². The minimum Gasteiger partial charge on any atom is -0.480 e. The lowest BCUT2D eigenvalue weighted by atomic mass is 10.0. The Kier molecular flexibility index (Phi) is 3.13. The first-order valence-electron chi connectivity index (χ1n) is 6.03. The minimum absolute atomic E-state index is 0.117. The van der Waals surface area contributed by atoms with Crippen molar-refractivity contribution < 1.29 is 9.53 Å². The molecule has 0 saturated heterocycles. The maximum absolute atomic E-state index is 12.0. The number of amides is 1. The molecule has 2 aromatic rings. The molecule has 2 aromatic carbocycles. The molecule has 1 aliphatic heterocycles. The highest BCUT2D eigenvalue weighted by Crippen LogP contribution is 2.25. The Hall–Kier alpha value is -2.00. The largest absolute Gasteiger partial charge is 0.480 e. The maximum atomic E-state index is 12.0. The molecule has 0 aliphatic carbocycles. The van der Waals surface area contributed by atoms with Crippen molar-refractivity contribution in [3.05, 3.63) is 59.1 Å². The zero-order valence-corrected chi connectivity index (χ0v) is 10.9. The summed E-state index contributed by atoms with van der Waals surface area (Å²) in [5.74, 6) is 0.526. The number of rotatable bonds is 2. The Labute approximate surface area is 116 Å². The quantitative estimate of drug-likeness (QED) is 0.912. The van der Waals surface area contributed by atoms with Crippen LogP contribution in [0.3, 0.4) is 0 Å². The van der Waals surface area contributed by atoms with Crippen molar-refractivity contribution in [3.8, 4) is 5.75 Å². The molecule has 0 spiro atoms. The van der Waals surface area contributed by atoms with Gasteiger partial charge in [0.05, 0.1) is 0 Å². The summed E-state index contributed by atoms with van der Waals surface area (Å²) < 4.78 is 5.71. The van der Waals surface area contributed by atoms with E-state index in [9.17, 15) is 4.79 Å². The van der Waals surface area contributed by atoms with Crippen molar-refractivity contribution in [3.63, 3.8) is 0 Å². The molecular formula is C15H12ClNO2. The van der Waals surface area contributed by atoms with Gasteiger partial charge in [0, 0.05) is 17.1 Å². The van der Waals surface area contributed by atoms with Crippen LogP contribution >= 0.6 is 11.6 Å². The first-order chi connectivity index (χ1) is 9.22. The molecule has 0 fully saturated rings. The maximum Gasteiger partial charge on any atom is 0.265 e. The summed E-state index contributed by atoms with van der Waals surface area (Å²) in [4.78, 5) is 12.0. The van der Waals surface area contributed by atoms with E-state index < -0.39 is 6.10 Å². The van der Waals surface area contributed by atoms with Gasteiger partial charge in [-0.1, -0.05) is 29.8 Å². The Bertz CT molecular complexity index is 610. The van der Waals surface area contributed by atoms with E-state index in [0.717, 1.165) is 11.3 Å². The summed E-state index contributed by atoms with van der Waals surface area (Å²) in [5.41, 5.74) is 1.95. The predicted octanol–water partition coefficient (Wildman–Crippen LogP) is 3.28.